The van der Waals surface area contributed by atoms with Crippen molar-refractivity contribution in [1.82, 2.24) is 0 Å². The molecule has 0 aliphatic carbocycles. The SMILES string of the molecule is CCO[P+](OCC)(OCC)OS(=O)(=O)CC.[Ag]. The van der Waals surface area contributed by atoms with Crippen molar-refractivity contribution in [3.05, 3.63) is 0 Å². The van der Waals surface area contributed by atoms with Crippen molar-refractivity contribution in [1.29, 1.82) is 0 Å². The molecule has 0 fully saturated rings. The molecule has 0 rings (SSSR count). The van der Waals surface area contributed by atoms with Crippen molar-refractivity contribution in [3.8, 4) is 0 Å². The largest absolute Gasteiger partial charge is 0.592 e. The first-order valence-corrected chi connectivity index (χ1v) is 8.25. The fourth-order valence-electron chi connectivity index (χ4n) is 0.842. The van der Waals surface area contributed by atoms with E-state index in [1.807, 2.05) is 0 Å². The maximum Gasteiger partial charge on any atom is 0.592 e. The van der Waals surface area contributed by atoms with Gasteiger partial charge in [0, 0.05) is 22.4 Å². The Morgan fingerprint density at radius 1 is 0.882 bits per heavy atom. The maximum atomic E-state index is 11.4. The number of hydrogen-bond acceptors (Lipinski definition) is 6. The maximum absolute atomic E-state index is 11.4. The molecule has 0 aromatic heterocycles. The fourth-order valence-corrected chi connectivity index (χ4v) is 4.07. The van der Waals surface area contributed by atoms with E-state index in [1.165, 1.54) is 6.92 Å². The van der Waals surface area contributed by atoms with Crippen LogP contribution < -0.4 is 0 Å². The van der Waals surface area contributed by atoms with Crippen LogP contribution in [0.4, 0.5) is 0 Å². The van der Waals surface area contributed by atoms with E-state index in [0.717, 1.165) is 0 Å². The van der Waals surface area contributed by atoms with E-state index in [4.69, 9.17) is 17.5 Å². The van der Waals surface area contributed by atoms with Crippen molar-refractivity contribution < 1.29 is 48.3 Å². The summed E-state index contributed by atoms with van der Waals surface area (Å²) >= 11 is 0. The monoisotopic (exact) mass is 382 g/mol. The van der Waals surface area contributed by atoms with Crippen molar-refractivity contribution >= 4 is 18.3 Å². The van der Waals surface area contributed by atoms with Crippen molar-refractivity contribution in [3.63, 3.8) is 0 Å². The summed E-state index contributed by atoms with van der Waals surface area (Å²) in [6.07, 6.45) is 0. The topological polar surface area (TPSA) is 71.1 Å². The molecule has 0 saturated heterocycles. The average molecular weight is 383 g/mol. The van der Waals surface area contributed by atoms with Crippen molar-refractivity contribution in [2.75, 3.05) is 25.6 Å². The van der Waals surface area contributed by atoms with Crippen LogP contribution in [-0.4, -0.2) is 34.0 Å². The van der Waals surface area contributed by atoms with Crippen LogP contribution in [-0.2, 0) is 50.0 Å². The van der Waals surface area contributed by atoms with Gasteiger partial charge in [-0.25, -0.2) is 0 Å². The molecule has 0 bridgehead atoms. The molecular formula is C8H20AgO6PS+. The minimum Gasteiger partial charge on any atom is -0.196 e. The van der Waals surface area contributed by atoms with Gasteiger partial charge in [-0.2, -0.15) is 22.0 Å². The van der Waals surface area contributed by atoms with Gasteiger partial charge >= 0.3 is 18.3 Å². The third kappa shape index (κ3) is 7.87. The quantitative estimate of drug-likeness (QED) is 0.449. The fraction of sp³-hybridized carbons (Fsp3) is 1.00. The molecule has 0 heterocycles. The van der Waals surface area contributed by atoms with E-state index in [1.54, 1.807) is 20.8 Å². The van der Waals surface area contributed by atoms with Gasteiger partial charge in [-0.1, -0.05) is 0 Å². The second-order valence-corrected chi connectivity index (χ2v) is 6.58. The van der Waals surface area contributed by atoms with Crippen LogP contribution in [0.2, 0.25) is 0 Å². The van der Waals surface area contributed by atoms with Gasteiger partial charge in [-0.05, 0) is 31.7 Å². The molecule has 0 saturated carbocycles. The molecule has 0 aliphatic heterocycles. The molecule has 0 aromatic rings. The zero-order valence-corrected chi connectivity index (χ0v) is 13.6. The molecular weight excluding hydrogens is 363 g/mol. The summed E-state index contributed by atoms with van der Waals surface area (Å²) in [7, 11) is -6.89. The Bertz CT molecular complexity index is 267. The van der Waals surface area contributed by atoms with Crippen molar-refractivity contribution in [2.45, 2.75) is 27.7 Å². The standard InChI is InChI=1S/C8H20O6PS.Ag/c1-5-11-15(12-6-2,13-7-3)14-16(9,10)8-4;/h5-8H2,1-4H3;/q+1;. The molecule has 0 atom stereocenters. The van der Waals surface area contributed by atoms with Crippen LogP contribution in [0.5, 0.6) is 0 Å². The van der Waals surface area contributed by atoms with Gasteiger partial charge in [0.05, 0.1) is 25.6 Å². The second-order valence-electron chi connectivity index (χ2n) is 2.62. The average Bonchev–Trinajstić information content (AvgIpc) is 2.18. The summed E-state index contributed by atoms with van der Waals surface area (Å²) in [6, 6.07) is 0. The molecule has 6 nitrogen and oxygen atoms in total. The minimum atomic E-state index is -3.67. The summed E-state index contributed by atoms with van der Waals surface area (Å²) in [5.41, 5.74) is 0. The molecule has 0 unspecified atom stereocenters. The van der Waals surface area contributed by atoms with Gasteiger partial charge < -0.3 is 0 Å². The molecule has 109 valence electrons. The molecule has 0 N–H and O–H groups in total. The van der Waals surface area contributed by atoms with Crippen LogP contribution in [0.15, 0.2) is 0 Å². The Balaban J connectivity index is 0. The van der Waals surface area contributed by atoms with Crippen LogP contribution in [0.3, 0.4) is 0 Å². The van der Waals surface area contributed by atoms with Gasteiger partial charge in [-0.3, -0.25) is 0 Å². The Labute approximate surface area is 120 Å². The smallest absolute Gasteiger partial charge is 0.196 e. The molecule has 17 heavy (non-hydrogen) atoms. The molecule has 0 aromatic carbocycles. The summed E-state index contributed by atoms with van der Waals surface area (Å²) in [6.45, 7) is 7.40. The molecule has 0 spiro atoms. The van der Waals surface area contributed by atoms with E-state index >= 15 is 0 Å². The minimum absolute atomic E-state index is 0. The summed E-state index contributed by atoms with van der Waals surface area (Å²) in [5.74, 6) is -0.151. The zero-order valence-electron chi connectivity index (χ0n) is 10.4. The number of rotatable bonds is 9. The third-order valence-corrected chi connectivity index (χ3v) is 5.49. The van der Waals surface area contributed by atoms with Gasteiger partial charge in [0.15, 0.2) is 0 Å². The van der Waals surface area contributed by atoms with Gasteiger partial charge in [0.25, 0.3) is 0 Å². The van der Waals surface area contributed by atoms with Crippen LogP contribution >= 0.6 is 8.17 Å². The Hall–Kier alpha value is 0.960. The Morgan fingerprint density at radius 3 is 1.47 bits per heavy atom. The van der Waals surface area contributed by atoms with Crippen LogP contribution in [0.1, 0.15) is 27.7 Å². The third-order valence-electron chi connectivity index (χ3n) is 1.42. The molecule has 0 aliphatic rings. The predicted molar refractivity (Wildman–Crippen MR) is 62.3 cm³/mol. The van der Waals surface area contributed by atoms with Gasteiger partial charge in [0.1, 0.15) is 0 Å². The number of hydrogen-bond donors (Lipinski definition) is 0. The predicted octanol–water partition coefficient (Wildman–Crippen LogP) is 2.14. The van der Waals surface area contributed by atoms with Gasteiger partial charge in [-0.15, -0.1) is 0 Å². The molecule has 9 heteroatoms. The Morgan fingerprint density at radius 2 is 1.24 bits per heavy atom. The first-order chi connectivity index (χ1) is 7.45. The van der Waals surface area contributed by atoms with E-state index in [-0.39, 0.29) is 48.0 Å². The second kappa shape index (κ2) is 9.83. The first-order valence-electron chi connectivity index (χ1n) is 5.21. The summed E-state index contributed by atoms with van der Waals surface area (Å²) < 4.78 is 43.4. The first kappa shape index (κ1) is 20.3. The van der Waals surface area contributed by atoms with E-state index in [0.29, 0.717) is 0 Å². The van der Waals surface area contributed by atoms with Crippen LogP contribution in [0, 0.1) is 0 Å². The van der Waals surface area contributed by atoms with E-state index in [2.05, 4.69) is 0 Å². The normalized spacial score (nSPS) is 12.2. The van der Waals surface area contributed by atoms with Crippen LogP contribution in [0.25, 0.3) is 0 Å². The zero-order chi connectivity index (χ0) is 12.7. The summed E-state index contributed by atoms with van der Waals surface area (Å²) in [5, 5.41) is 0. The Kier molecular flexibility index (Phi) is 11.7. The van der Waals surface area contributed by atoms with E-state index < -0.39 is 18.3 Å². The van der Waals surface area contributed by atoms with Crippen molar-refractivity contribution in [2.24, 2.45) is 0 Å². The summed E-state index contributed by atoms with van der Waals surface area (Å²) in [4.78, 5) is 0. The molecule has 1 radical (unpaired) electrons. The van der Waals surface area contributed by atoms with E-state index in [9.17, 15) is 8.42 Å². The molecule has 0 amide bonds. The van der Waals surface area contributed by atoms with Gasteiger partial charge in [0.2, 0.25) is 0 Å².